The fraction of sp³-hybridized carbons (Fsp3) is 0.471. The summed E-state index contributed by atoms with van der Waals surface area (Å²) in [4.78, 5) is 14.1. The summed E-state index contributed by atoms with van der Waals surface area (Å²) in [6.45, 7) is 7.50. The molecule has 0 N–H and O–H groups in total. The van der Waals surface area contributed by atoms with E-state index in [0.29, 0.717) is 32.1 Å². The summed E-state index contributed by atoms with van der Waals surface area (Å²) in [5.41, 5.74) is 2.25. The number of aromatic nitrogens is 3. The Kier molecular flexibility index (Phi) is 5.52. The van der Waals surface area contributed by atoms with Crippen molar-refractivity contribution in [3.8, 4) is 11.4 Å². The van der Waals surface area contributed by atoms with Crippen LogP contribution in [0.4, 0.5) is 0 Å². The van der Waals surface area contributed by atoms with E-state index < -0.39 is 0 Å². The fourth-order valence-electron chi connectivity index (χ4n) is 2.73. The summed E-state index contributed by atoms with van der Waals surface area (Å²) >= 11 is 1.45. The Morgan fingerprint density at radius 1 is 1.25 bits per heavy atom. The normalized spacial score (nSPS) is 14.8. The molecule has 128 valence electrons. The van der Waals surface area contributed by atoms with Crippen molar-refractivity contribution in [2.24, 2.45) is 0 Å². The molecule has 2 aromatic rings. The van der Waals surface area contributed by atoms with Gasteiger partial charge in [0, 0.05) is 25.2 Å². The number of thioether (sulfide) groups is 1. The van der Waals surface area contributed by atoms with Crippen molar-refractivity contribution in [1.82, 2.24) is 19.7 Å². The molecule has 1 aliphatic heterocycles. The second-order valence-electron chi connectivity index (χ2n) is 5.65. The summed E-state index contributed by atoms with van der Waals surface area (Å²) in [5.74, 6) is 1.37. The van der Waals surface area contributed by atoms with Gasteiger partial charge >= 0.3 is 0 Å². The maximum Gasteiger partial charge on any atom is 0.233 e. The van der Waals surface area contributed by atoms with Gasteiger partial charge in [-0.2, -0.15) is 0 Å². The van der Waals surface area contributed by atoms with Crippen molar-refractivity contribution >= 4 is 17.7 Å². The Bertz CT molecular complexity index is 710. The molecule has 0 bridgehead atoms. The van der Waals surface area contributed by atoms with Crippen molar-refractivity contribution in [3.63, 3.8) is 0 Å². The highest BCUT2D eigenvalue weighted by atomic mass is 32.2. The van der Waals surface area contributed by atoms with Crippen LogP contribution in [0.2, 0.25) is 0 Å². The summed E-state index contributed by atoms with van der Waals surface area (Å²) in [6.07, 6.45) is 0. The number of amides is 1. The number of ether oxygens (including phenoxy) is 1. The van der Waals surface area contributed by atoms with E-state index in [1.165, 1.54) is 17.3 Å². The van der Waals surface area contributed by atoms with Crippen LogP contribution in [0.1, 0.15) is 12.5 Å². The number of hydrogen-bond acceptors (Lipinski definition) is 5. The van der Waals surface area contributed by atoms with Gasteiger partial charge in [0.05, 0.1) is 19.0 Å². The number of rotatable bonds is 5. The van der Waals surface area contributed by atoms with Gasteiger partial charge in [-0.1, -0.05) is 36.0 Å². The first-order valence-corrected chi connectivity index (χ1v) is 9.16. The standard InChI is InChI=1S/C17H22N4O2S/c1-3-21-16(14-7-5-4-6-13(14)2)18-19-17(21)24-12-15(22)20-8-10-23-11-9-20/h4-7H,3,8-12H2,1-2H3. The van der Waals surface area contributed by atoms with E-state index in [9.17, 15) is 4.79 Å². The van der Waals surface area contributed by atoms with Gasteiger partial charge in [-0.25, -0.2) is 0 Å². The van der Waals surface area contributed by atoms with Gasteiger partial charge in [0.1, 0.15) is 0 Å². The number of aryl methyl sites for hydroxylation is 1. The van der Waals surface area contributed by atoms with Gasteiger partial charge in [-0.05, 0) is 19.4 Å². The lowest BCUT2D eigenvalue weighted by atomic mass is 10.1. The van der Waals surface area contributed by atoms with Crippen LogP contribution >= 0.6 is 11.8 Å². The van der Waals surface area contributed by atoms with Crippen molar-refractivity contribution in [2.45, 2.75) is 25.5 Å². The molecule has 1 amide bonds. The van der Waals surface area contributed by atoms with Gasteiger partial charge in [0.15, 0.2) is 11.0 Å². The average molecular weight is 346 g/mol. The van der Waals surface area contributed by atoms with Crippen LogP contribution < -0.4 is 0 Å². The molecule has 1 saturated heterocycles. The number of carbonyl (C=O) groups is 1. The Labute approximate surface area is 146 Å². The van der Waals surface area contributed by atoms with Crippen molar-refractivity contribution in [1.29, 1.82) is 0 Å². The van der Waals surface area contributed by atoms with Crippen LogP contribution in [-0.2, 0) is 16.1 Å². The molecule has 3 rings (SSSR count). The number of nitrogens with zero attached hydrogens (tertiary/aromatic N) is 4. The van der Waals surface area contributed by atoms with E-state index in [2.05, 4.69) is 40.7 Å². The minimum Gasteiger partial charge on any atom is -0.378 e. The molecule has 1 fully saturated rings. The fourth-order valence-corrected chi connectivity index (χ4v) is 3.64. The zero-order valence-electron chi connectivity index (χ0n) is 14.1. The third-order valence-corrected chi connectivity index (χ3v) is 5.06. The minimum absolute atomic E-state index is 0.131. The highest BCUT2D eigenvalue weighted by Crippen LogP contribution is 2.26. The van der Waals surface area contributed by atoms with Gasteiger partial charge in [0.25, 0.3) is 0 Å². The summed E-state index contributed by atoms with van der Waals surface area (Å²) < 4.78 is 7.35. The third kappa shape index (κ3) is 3.62. The SMILES string of the molecule is CCn1c(SCC(=O)N2CCOCC2)nnc1-c1ccccc1C. The van der Waals surface area contributed by atoms with E-state index >= 15 is 0 Å². The molecule has 0 spiro atoms. The van der Waals surface area contributed by atoms with Crippen LogP contribution in [-0.4, -0.2) is 57.6 Å². The monoisotopic (exact) mass is 346 g/mol. The number of carbonyl (C=O) groups excluding carboxylic acids is 1. The Morgan fingerprint density at radius 2 is 2.00 bits per heavy atom. The highest BCUT2D eigenvalue weighted by molar-refractivity contribution is 7.99. The van der Waals surface area contributed by atoms with Gasteiger partial charge in [-0.3, -0.25) is 4.79 Å². The zero-order chi connectivity index (χ0) is 16.9. The molecule has 0 unspecified atom stereocenters. The smallest absolute Gasteiger partial charge is 0.233 e. The first-order valence-electron chi connectivity index (χ1n) is 8.18. The van der Waals surface area contributed by atoms with Gasteiger partial charge in [0.2, 0.25) is 5.91 Å². The molecule has 6 nitrogen and oxygen atoms in total. The topological polar surface area (TPSA) is 60.2 Å². The third-order valence-electron chi connectivity index (χ3n) is 4.11. The Balaban J connectivity index is 1.73. The summed E-state index contributed by atoms with van der Waals surface area (Å²) in [6, 6.07) is 8.14. The second kappa shape index (κ2) is 7.81. The van der Waals surface area contributed by atoms with E-state index in [1.807, 2.05) is 17.0 Å². The summed E-state index contributed by atoms with van der Waals surface area (Å²) in [5, 5.41) is 9.45. The van der Waals surface area contributed by atoms with Gasteiger partial charge < -0.3 is 14.2 Å². The highest BCUT2D eigenvalue weighted by Gasteiger charge is 2.19. The molecule has 7 heteroatoms. The van der Waals surface area contributed by atoms with E-state index in [0.717, 1.165) is 23.1 Å². The molecule has 0 aliphatic carbocycles. The first-order chi connectivity index (χ1) is 11.7. The molecule has 1 aromatic carbocycles. The van der Waals surface area contributed by atoms with Crippen LogP contribution in [0.3, 0.4) is 0 Å². The molecule has 1 aliphatic rings. The molecule has 0 atom stereocenters. The largest absolute Gasteiger partial charge is 0.378 e. The quantitative estimate of drug-likeness (QED) is 0.777. The second-order valence-corrected chi connectivity index (χ2v) is 6.59. The molecular formula is C17H22N4O2S. The van der Waals surface area contributed by atoms with Crippen LogP contribution in [0, 0.1) is 6.92 Å². The first kappa shape index (κ1) is 17.0. The van der Waals surface area contributed by atoms with E-state index in [-0.39, 0.29) is 5.91 Å². The van der Waals surface area contributed by atoms with Crippen LogP contribution in [0.5, 0.6) is 0 Å². The van der Waals surface area contributed by atoms with Crippen molar-refractivity contribution in [2.75, 3.05) is 32.1 Å². The molecule has 1 aromatic heterocycles. The maximum absolute atomic E-state index is 12.3. The molecule has 2 heterocycles. The predicted molar refractivity (Wildman–Crippen MR) is 94.0 cm³/mol. The Hall–Kier alpha value is -1.86. The predicted octanol–water partition coefficient (Wildman–Crippen LogP) is 2.22. The minimum atomic E-state index is 0.131. The lowest BCUT2D eigenvalue weighted by Crippen LogP contribution is -2.41. The molecule has 0 saturated carbocycles. The van der Waals surface area contributed by atoms with Crippen molar-refractivity contribution in [3.05, 3.63) is 29.8 Å². The Morgan fingerprint density at radius 3 is 2.71 bits per heavy atom. The molecular weight excluding hydrogens is 324 g/mol. The number of benzene rings is 1. The lowest BCUT2D eigenvalue weighted by molar-refractivity contribution is -0.132. The molecule has 24 heavy (non-hydrogen) atoms. The van der Waals surface area contributed by atoms with Crippen LogP contribution in [0.25, 0.3) is 11.4 Å². The van der Waals surface area contributed by atoms with Crippen LogP contribution in [0.15, 0.2) is 29.4 Å². The molecule has 0 radical (unpaired) electrons. The number of hydrogen-bond donors (Lipinski definition) is 0. The van der Waals surface area contributed by atoms with E-state index in [1.54, 1.807) is 0 Å². The van der Waals surface area contributed by atoms with Crippen molar-refractivity contribution < 1.29 is 9.53 Å². The summed E-state index contributed by atoms with van der Waals surface area (Å²) in [7, 11) is 0. The van der Waals surface area contributed by atoms with E-state index in [4.69, 9.17) is 4.74 Å². The lowest BCUT2D eigenvalue weighted by Gasteiger charge is -2.26. The maximum atomic E-state index is 12.3. The number of morpholine rings is 1. The average Bonchev–Trinajstić information content (AvgIpc) is 3.03. The van der Waals surface area contributed by atoms with Gasteiger partial charge in [-0.15, -0.1) is 10.2 Å². The zero-order valence-corrected chi connectivity index (χ0v) is 14.9.